The number of halogens is 1. The zero-order valence-electron chi connectivity index (χ0n) is 13.7. The first kappa shape index (κ1) is 16.8. The quantitative estimate of drug-likeness (QED) is 0.719. The molecule has 6 heteroatoms. The van der Waals surface area contributed by atoms with Gasteiger partial charge in [-0.1, -0.05) is 0 Å². The van der Waals surface area contributed by atoms with Gasteiger partial charge in [0, 0.05) is 24.3 Å². The topological polar surface area (TPSA) is 50.1 Å². The lowest BCUT2D eigenvalue weighted by molar-refractivity contribution is 0.175. The van der Waals surface area contributed by atoms with Crippen molar-refractivity contribution in [2.24, 2.45) is 0 Å². The molecule has 0 bridgehead atoms. The molecule has 0 radical (unpaired) electrons. The van der Waals surface area contributed by atoms with Crippen LogP contribution in [-0.4, -0.2) is 21.4 Å². The highest BCUT2D eigenvalue weighted by Crippen LogP contribution is 2.19. The van der Waals surface area contributed by atoms with Gasteiger partial charge in [0.2, 0.25) is 0 Å². The van der Waals surface area contributed by atoms with Gasteiger partial charge in [-0.2, -0.15) is 16.4 Å². The molecule has 2 heterocycles. The third-order valence-corrected chi connectivity index (χ3v) is 4.78. The molecule has 0 spiro atoms. The fourth-order valence-electron chi connectivity index (χ4n) is 2.68. The van der Waals surface area contributed by atoms with E-state index < -0.39 is 6.10 Å². The average Bonchev–Trinajstić information content (AvgIpc) is 3.19. The van der Waals surface area contributed by atoms with Crippen LogP contribution in [0.25, 0.3) is 5.69 Å². The highest BCUT2D eigenvalue weighted by Gasteiger charge is 2.14. The molecule has 1 atom stereocenters. The number of thiophene rings is 1. The number of aryl methyl sites for hydroxylation is 1. The van der Waals surface area contributed by atoms with Gasteiger partial charge in [0.15, 0.2) is 0 Å². The molecule has 3 aromatic rings. The van der Waals surface area contributed by atoms with Gasteiger partial charge in [-0.3, -0.25) is 0 Å². The Morgan fingerprint density at radius 1 is 1.25 bits per heavy atom. The standard InChI is InChI=1S/C18H20FN3OS/c1-12-17(9-20-10-18(23)14-7-8-24-11-14)13(2)22(21-12)16-5-3-15(19)4-6-16/h3-8,11,18,20,23H,9-10H2,1-2H3. The van der Waals surface area contributed by atoms with Crippen LogP contribution >= 0.6 is 11.3 Å². The van der Waals surface area contributed by atoms with Crippen molar-refractivity contribution in [3.63, 3.8) is 0 Å². The minimum atomic E-state index is -0.510. The van der Waals surface area contributed by atoms with Crippen LogP contribution in [0, 0.1) is 19.7 Å². The van der Waals surface area contributed by atoms with Crippen molar-refractivity contribution in [1.82, 2.24) is 15.1 Å². The van der Waals surface area contributed by atoms with Crippen LogP contribution < -0.4 is 5.32 Å². The highest BCUT2D eigenvalue weighted by atomic mass is 32.1. The summed E-state index contributed by atoms with van der Waals surface area (Å²) in [6.07, 6.45) is -0.510. The smallest absolute Gasteiger partial charge is 0.123 e. The van der Waals surface area contributed by atoms with E-state index in [9.17, 15) is 9.50 Å². The maximum Gasteiger partial charge on any atom is 0.123 e. The van der Waals surface area contributed by atoms with E-state index in [1.54, 1.807) is 23.5 Å². The van der Waals surface area contributed by atoms with Crippen molar-refractivity contribution in [2.75, 3.05) is 6.54 Å². The first-order valence-corrected chi connectivity index (χ1v) is 8.72. The van der Waals surface area contributed by atoms with Crippen molar-refractivity contribution in [2.45, 2.75) is 26.5 Å². The molecule has 126 valence electrons. The number of rotatable bonds is 6. The number of hydrogen-bond acceptors (Lipinski definition) is 4. The van der Waals surface area contributed by atoms with Gasteiger partial charge in [-0.25, -0.2) is 9.07 Å². The van der Waals surface area contributed by atoms with Crippen LogP contribution in [0.1, 0.15) is 28.6 Å². The number of aromatic nitrogens is 2. The first-order valence-electron chi connectivity index (χ1n) is 7.78. The van der Waals surface area contributed by atoms with Crippen LogP contribution in [-0.2, 0) is 6.54 Å². The van der Waals surface area contributed by atoms with Crippen LogP contribution in [0.5, 0.6) is 0 Å². The van der Waals surface area contributed by atoms with Gasteiger partial charge in [-0.15, -0.1) is 0 Å². The molecule has 3 rings (SSSR count). The average molecular weight is 345 g/mol. The lowest BCUT2D eigenvalue weighted by Crippen LogP contribution is -2.21. The Bertz CT molecular complexity index is 797. The second-order valence-electron chi connectivity index (χ2n) is 5.74. The fourth-order valence-corrected chi connectivity index (χ4v) is 3.39. The maximum atomic E-state index is 13.1. The monoisotopic (exact) mass is 345 g/mol. The predicted molar refractivity (Wildman–Crippen MR) is 94.0 cm³/mol. The van der Waals surface area contributed by atoms with E-state index in [-0.39, 0.29) is 5.82 Å². The number of benzene rings is 1. The normalized spacial score (nSPS) is 12.5. The molecule has 0 aliphatic heterocycles. The predicted octanol–water partition coefficient (Wildman–Crippen LogP) is 3.51. The van der Waals surface area contributed by atoms with Gasteiger partial charge < -0.3 is 10.4 Å². The molecule has 1 aromatic carbocycles. The third-order valence-electron chi connectivity index (χ3n) is 4.08. The molecule has 0 aliphatic carbocycles. The molecule has 24 heavy (non-hydrogen) atoms. The summed E-state index contributed by atoms with van der Waals surface area (Å²) in [4.78, 5) is 0. The molecule has 0 amide bonds. The third kappa shape index (κ3) is 3.56. The van der Waals surface area contributed by atoms with E-state index in [0.717, 1.165) is 28.2 Å². The van der Waals surface area contributed by atoms with Gasteiger partial charge in [0.05, 0.1) is 17.5 Å². The van der Waals surface area contributed by atoms with Crippen molar-refractivity contribution in [1.29, 1.82) is 0 Å². The molecule has 0 saturated heterocycles. The van der Waals surface area contributed by atoms with Gasteiger partial charge >= 0.3 is 0 Å². The summed E-state index contributed by atoms with van der Waals surface area (Å²) in [5.74, 6) is -0.260. The zero-order chi connectivity index (χ0) is 17.1. The molecule has 0 fully saturated rings. The number of aliphatic hydroxyl groups is 1. The maximum absolute atomic E-state index is 13.1. The molecule has 4 nitrogen and oxygen atoms in total. The van der Waals surface area contributed by atoms with E-state index in [0.29, 0.717) is 13.1 Å². The van der Waals surface area contributed by atoms with E-state index in [4.69, 9.17) is 0 Å². The Morgan fingerprint density at radius 2 is 2.00 bits per heavy atom. The van der Waals surface area contributed by atoms with Crippen molar-refractivity contribution in [3.05, 3.63) is 69.4 Å². The summed E-state index contributed by atoms with van der Waals surface area (Å²) in [5, 5.41) is 21.9. The molecule has 2 N–H and O–H groups in total. The number of aliphatic hydroxyl groups excluding tert-OH is 1. The zero-order valence-corrected chi connectivity index (χ0v) is 14.5. The molecule has 2 aromatic heterocycles. The molecule has 1 unspecified atom stereocenters. The van der Waals surface area contributed by atoms with Crippen molar-refractivity contribution in [3.8, 4) is 5.69 Å². The summed E-state index contributed by atoms with van der Waals surface area (Å²) in [5.41, 5.74) is 4.80. The summed E-state index contributed by atoms with van der Waals surface area (Å²) < 4.78 is 14.9. The number of nitrogens with zero attached hydrogens (tertiary/aromatic N) is 2. The number of nitrogens with one attached hydrogen (secondary N) is 1. The van der Waals surface area contributed by atoms with E-state index >= 15 is 0 Å². The van der Waals surface area contributed by atoms with Crippen molar-refractivity contribution >= 4 is 11.3 Å². The Hall–Kier alpha value is -2.02. The lowest BCUT2D eigenvalue weighted by Gasteiger charge is -2.11. The summed E-state index contributed by atoms with van der Waals surface area (Å²) in [6.45, 7) is 5.06. The number of hydrogen-bond donors (Lipinski definition) is 2. The summed E-state index contributed by atoms with van der Waals surface area (Å²) >= 11 is 1.58. The van der Waals surface area contributed by atoms with Crippen LogP contribution in [0.3, 0.4) is 0 Å². The first-order chi connectivity index (χ1) is 11.6. The van der Waals surface area contributed by atoms with Crippen LogP contribution in [0.15, 0.2) is 41.1 Å². The molecule has 0 saturated carbocycles. The summed E-state index contributed by atoms with van der Waals surface area (Å²) in [6, 6.07) is 8.22. The Morgan fingerprint density at radius 3 is 2.67 bits per heavy atom. The Kier molecular flexibility index (Phi) is 5.08. The highest BCUT2D eigenvalue weighted by molar-refractivity contribution is 7.07. The van der Waals surface area contributed by atoms with Gasteiger partial charge in [-0.05, 0) is 60.5 Å². The second kappa shape index (κ2) is 7.25. The largest absolute Gasteiger partial charge is 0.387 e. The van der Waals surface area contributed by atoms with Crippen LogP contribution in [0.4, 0.5) is 4.39 Å². The second-order valence-corrected chi connectivity index (χ2v) is 6.52. The molecular formula is C18H20FN3OS. The van der Waals surface area contributed by atoms with E-state index in [2.05, 4.69) is 10.4 Å². The van der Waals surface area contributed by atoms with Crippen molar-refractivity contribution < 1.29 is 9.50 Å². The lowest BCUT2D eigenvalue weighted by atomic mass is 10.1. The molecular weight excluding hydrogens is 325 g/mol. The van der Waals surface area contributed by atoms with E-state index in [1.165, 1.54) is 12.1 Å². The fraction of sp³-hybridized carbons (Fsp3) is 0.278. The summed E-state index contributed by atoms with van der Waals surface area (Å²) in [7, 11) is 0. The minimum absolute atomic E-state index is 0.260. The Balaban J connectivity index is 1.69. The van der Waals surface area contributed by atoms with Crippen LogP contribution in [0.2, 0.25) is 0 Å². The minimum Gasteiger partial charge on any atom is -0.387 e. The van der Waals surface area contributed by atoms with E-state index in [1.807, 2.05) is 35.4 Å². The molecule has 0 aliphatic rings. The Labute approximate surface area is 144 Å². The SMILES string of the molecule is Cc1nn(-c2ccc(F)cc2)c(C)c1CNCC(O)c1ccsc1. The van der Waals surface area contributed by atoms with Gasteiger partial charge in [0.1, 0.15) is 5.82 Å². The van der Waals surface area contributed by atoms with Gasteiger partial charge in [0.25, 0.3) is 0 Å².